The summed E-state index contributed by atoms with van der Waals surface area (Å²) in [7, 11) is 0. The minimum atomic E-state index is 0.487. The zero-order valence-corrected chi connectivity index (χ0v) is 11.5. The normalized spacial score (nSPS) is 12.4. The van der Waals surface area contributed by atoms with Gasteiger partial charge in [-0.25, -0.2) is 0 Å². The van der Waals surface area contributed by atoms with E-state index in [1.54, 1.807) is 0 Å². The highest BCUT2D eigenvalue weighted by molar-refractivity contribution is 7.80. The van der Waals surface area contributed by atoms with Gasteiger partial charge in [0.15, 0.2) is 0 Å². The fourth-order valence-electron chi connectivity index (χ4n) is 1.41. The zero-order chi connectivity index (χ0) is 11.8. The second kappa shape index (κ2) is 7.91. The van der Waals surface area contributed by atoms with Crippen molar-refractivity contribution in [1.29, 1.82) is 0 Å². The van der Waals surface area contributed by atoms with Crippen LogP contribution in [0.25, 0.3) is 0 Å². The number of hydrogen-bond donors (Lipinski definition) is 2. The summed E-state index contributed by atoms with van der Waals surface area (Å²) >= 11 is 8.49. The lowest BCUT2D eigenvalue weighted by molar-refractivity contribution is 0.271. The van der Waals surface area contributed by atoms with Crippen molar-refractivity contribution in [3.05, 3.63) is 29.8 Å². The molecule has 0 aliphatic rings. The standard InChI is InChI=1S/C13H20OS2/c1-11(10-16)9-14-13-7-3-2-5-12(13)6-4-8-15/h2-3,5,7,11,15-16H,4,6,8-10H2,1H3. The largest absolute Gasteiger partial charge is 0.493 e. The molecule has 1 atom stereocenters. The maximum absolute atomic E-state index is 5.81. The van der Waals surface area contributed by atoms with Crippen molar-refractivity contribution in [2.24, 2.45) is 5.92 Å². The molecule has 0 aliphatic carbocycles. The van der Waals surface area contributed by atoms with E-state index in [-0.39, 0.29) is 0 Å². The van der Waals surface area contributed by atoms with Crippen molar-refractivity contribution in [2.45, 2.75) is 19.8 Å². The molecule has 0 bridgehead atoms. The number of benzene rings is 1. The van der Waals surface area contributed by atoms with Crippen molar-refractivity contribution in [1.82, 2.24) is 0 Å². The predicted molar refractivity (Wildman–Crippen MR) is 77.1 cm³/mol. The molecule has 1 nitrogen and oxygen atoms in total. The van der Waals surface area contributed by atoms with E-state index in [1.807, 2.05) is 12.1 Å². The molecule has 0 radical (unpaired) electrons. The Labute approximate surface area is 109 Å². The molecule has 1 unspecified atom stereocenters. The maximum Gasteiger partial charge on any atom is 0.122 e. The van der Waals surface area contributed by atoms with Gasteiger partial charge in [-0.1, -0.05) is 25.1 Å². The molecule has 90 valence electrons. The fraction of sp³-hybridized carbons (Fsp3) is 0.538. The van der Waals surface area contributed by atoms with E-state index in [2.05, 4.69) is 44.3 Å². The second-order valence-corrected chi connectivity index (χ2v) is 4.85. The third kappa shape index (κ3) is 4.71. The smallest absolute Gasteiger partial charge is 0.122 e. The van der Waals surface area contributed by atoms with Crippen LogP contribution in [0, 0.1) is 5.92 Å². The number of aryl methyl sites for hydroxylation is 1. The first kappa shape index (κ1) is 13.8. The van der Waals surface area contributed by atoms with Gasteiger partial charge in [-0.15, -0.1) is 0 Å². The van der Waals surface area contributed by atoms with E-state index in [0.717, 1.165) is 36.7 Å². The van der Waals surface area contributed by atoms with Crippen LogP contribution in [0.1, 0.15) is 18.9 Å². The lowest BCUT2D eigenvalue weighted by Gasteiger charge is -2.13. The van der Waals surface area contributed by atoms with E-state index < -0.39 is 0 Å². The monoisotopic (exact) mass is 256 g/mol. The molecule has 0 saturated heterocycles. The lowest BCUT2D eigenvalue weighted by Crippen LogP contribution is -2.10. The Hall–Kier alpha value is -0.280. The predicted octanol–water partition coefficient (Wildman–Crippen LogP) is 3.49. The minimum absolute atomic E-state index is 0.487. The summed E-state index contributed by atoms with van der Waals surface area (Å²) in [6, 6.07) is 8.25. The Morgan fingerprint density at radius 1 is 1.25 bits per heavy atom. The summed E-state index contributed by atoms with van der Waals surface area (Å²) in [6.45, 7) is 2.88. The molecular formula is C13H20OS2. The first-order valence-electron chi connectivity index (χ1n) is 5.70. The Morgan fingerprint density at radius 3 is 2.69 bits per heavy atom. The Balaban J connectivity index is 2.56. The highest BCUT2D eigenvalue weighted by Gasteiger charge is 2.05. The highest BCUT2D eigenvalue weighted by atomic mass is 32.1. The van der Waals surface area contributed by atoms with Crippen LogP contribution >= 0.6 is 25.3 Å². The van der Waals surface area contributed by atoms with E-state index in [4.69, 9.17) is 4.74 Å². The quantitative estimate of drug-likeness (QED) is 0.710. The summed E-state index contributed by atoms with van der Waals surface area (Å²) < 4.78 is 5.81. The summed E-state index contributed by atoms with van der Waals surface area (Å²) in [5.74, 6) is 3.28. The molecule has 0 amide bonds. The average molecular weight is 256 g/mol. The molecule has 0 aromatic heterocycles. The van der Waals surface area contributed by atoms with E-state index in [1.165, 1.54) is 5.56 Å². The second-order valence-electron chi connectivity index (χ2n) is 4.03. The van der Waals surface area contributed by atoms with Gasteiger partial charge in [0, 0.05) is 0 Å². The molecule has 1 aromatic rings. The summed E-state index contributed by atoms with van der Waals surface area (Å²) in [5.41, 5.74) is 1.28. The van der Waals surface area contributed by atoms with Gasteiger partial charge in [-0.3, -0.25) is 0 Å². The fourth-order valence-corrected chi connectivity index (χ4v) is 1.67. The van der Waals surface area contributed by atoms with E-state index in [9.17, 15) is 0 Å². The van der Waals surface area contributed by atoms with E-state index in [0.29, 0.717) is 5.92 Å². The molecule has 0 fully saturated rings. The number of para-hydroxylation sites is 1. The van der Waals surface area contributed by atoms with Crippen LogP contribution in [0.2, 0.25) is 0 Å². The van der Waals surface area contributed by atoms with Gasteiger partial charge >= 0.3 is 0 Å². The zero-order valence-electron chi connectivity index (χ0n) is 9.72. The Kier molecular flexibility index (Phi) is 6.81. The van der Waals surface area contributed by atoms with Crippen LogP contribution in [-0.2, 0) is 6.42 Å². The van der Waals surface area contributed by atoms with Gasteiger partial charge in [0.25, 0.3) is 0 Å². The summed E-state index contributed by atoms with van der Waals surface area (Å²) in [5, 5.41) is 0. The Bertz CT molecular complexity index is 302. The van der Waals surface area contributed by atoms with Gasteiger partial charge in [0.05, 0.1) is 6.61 Å². The molecule has 0 N–H and O–H groups in total. The van der Waals surface area contributed by atoms with Crippen LogP contribution in [0.4, 0.5) is 0 Å². The van der Waals surface area contributed by atoms with Crippen LogP contribution in [0.5, 0.6) is 5.75 Å². The highest BCUT2D eigenvalue weighted by Crippen LogP contribution is 2.20. The number of rotatable bonds is 7. The van der Waals surface area contributed by atoms with Crippen LogP contribution in [0.3, 0.4) is 0 Å². The molecule has 1 rings (SSSR count). The lowest BCUT2D eigenvalue weighted by atomic mass is 10.1. The van der Waals surface area contributed by atoms with Crippen molar-refractivity contribution < 1.29 is 4.74 Å². The Morgan fingerprint density at radius 2 is 2.00 bits per heavy atom. The molecule has 0 aliphatic heterocycles. The summed E-state index contributed by atoms with van der Waals surface area (Å²) in [6.07, 6.45) is 2.13. The van der Waals surface area contributed by atoms with Crippen molar-refractivity contribution in [2.75, 3.05) is 18.1 Å². The van der Waals surface area contributed by atoms with Crippen LogP contribution in [0.15, 0.2) is 24.3 Å². The molecular weight excluding hydrogens is 236 g/mol. The van der Waals surface area contributed by atoms with Crippen molar-refractivity contribution in [3.8, 4) is 5.75 Å². The first-order chi connectivity index (χ1) is 7.77. The van der Waals surface area contributed by atoms with Gasteiger partial charge in [-0.05, 0) is 41.9 Å². The van der Waals surface area contributed by atoms with Gasteiger partial charge in [0.1, 0.15) is 5.75 Å². The van der Waals surface area contributed by atoms with Gasteiger partial charge < -0.3 is 4.74 Å². The van der Waals surface area contributed by atoms with Gasteiger partial charge in [0.2, 0.25) is 0 Å². The van der Waals surface area contributed by atoms with Crippen molar-refractivity contribution >= 4 is 25.3 Å². The topological polar surface area (TPSA) is 9.23 Å². The molecule has 0 saturated carbocycles. The van der Waals surface area contributed by atoms with E-state index >= 15 is 0 Å². The molecule has 1 aromatic carbocycles. The molecule has 3 heteroatoms. The molecule has 16 heavy (non-hydrogen) atoms. The van der Waals surface area contributed by atoms with Gasteiger partial charge in [-0.2, -0.15) is 25.3 Å². The third-order valence-electron chi connectivity index (χ3n) is 2.41. The molecule has 0 spiro atoms. The average Bonchev–Trinajstić information content (AvgIpc) is 2.34. The SMILES string of the molecule is CC(CS)COc1ccccc1CCCS. The van der Waals surface area contributed by atoms with Crippen LogP contribution in [-0.4, -0.2) is 18.1 Å². The third-order valence-corrected chi connectivity index (χ3v) is 3.35. The first-order valence-corrected chi connectivity index (χ1v) is 6.96. The number of ether oxygens (including phenoxy) is 1. The minimum Gasteiger partial charge on any atom is -0.493 e. The number of thiol groups is 2. The summed E-state index contributed by atoms with van der Waals surface area (Å²) in [4.78, 5) is 0. The molecule has 0 heterocycles. The van der Waals surface area contributed by atoms with Crippen molar-refractivity contribution in [3.63, 3.8) is 0 Å². The number of hydrogen-bond acceptors (Lipinski definition) is 3. The maximum atomic E-state index is 5.81. The van der Waals surface area contributed by atoms with Crippen LogP contribution < -0.4 is 4.74 Å².